The van der Waals surface area contributed by atoms with E-state index < -0.39 is 0 Å². The van der Waals surface area contributed by atoms with Crippen LogP contribution in [-0.4, -0.2) is 38.3 Å². The summed E-state index contributed by atoms with van der Waals surface area (Å²) in [7, 11) is 2.16. The lowest BCUT2D eigenvalue weighted by atomic mass is 9.90. The molecule has 2 atom stereocenters. The van der Waals surface area contributed by atoms with Crippen molar-refractivity contribution < 1.29 is 9.47 Å². The fourth-order valence-corrected chi connectivity index (χ4v) is 2.82. The van der Waals surface area contributed by atoms with Gasteiger partial charge in [-0.15, -0.1) is 0 Å². The summed E-state index contributed by atoms with van der Waals surface area (Å²) in [6, 6.07) is 5.96. The molecule has 2 N–H and O–H groups in total. The van der Waals surface area contributed by atoms with Gasteiger partial charge in [-0.2, -0.15) is 0 Å². The minimum Gasteiger partial charge on any atom is -0.494 e. The lowest BCUT2D eigenvalue weighted by molar-refractivity contribution is 0.151. The summed E-state index contributed by atoms with van der Waals surface area (Å²) in [5.74, 6) is 2.10. The van der Waals surface area contributed by atoms with Gasteiger partial charge in [0.05, 0.1) is 13.2 Å². The van der Waals surface area contributed by atoms with E-state index in [0.717, 1.165) is 30.2 Å². The van der Waals surface area contributed by atoms with Crippen molar-refractivity contribution in [2.45, 2.75) is 32.7 Å². The molecule has 0 radical (unpaired) electrons. The van der Waals surface area contributed by atoms with E-state index in [1.807, 2.05) is 25.1 Å². The highest BCUT2D eigenvalue weighted by Crippen LogP contribution is 2.36. The maximum atomic E-state index is 6.47. The number of hydrogen-bond acceptors (Lipinski definition) is 4. The molecule has 0 fully saturated rings. The van der Waals surface area contributed by atoms with Crippen LogP contribution in [0.4, 0.5) is 0 Å². The van der Waals surface area contributed by atoms with Crippen LogP contribution in [0.2, 0.25) is 0 Å². The molecule has 1 aliphatic rings. The second-order valence-electron chi connectivity index (χ2n) is 5.85. The summed E-state index contributed by atoms with van der Waals surface area (Å²) >= 11 is 0. The highest BCUT2D eigenvalue weighted by molar-refractivity contribution is 5.43. The zero-order valence-corrected chi connectivity index (χ0v) is 13.5. The molecule has 2 rings (SSSR count). The predicted molar refractivity (Wildman–Crippen MR) is 85.9 cm³/mol. The van der Waals surface area contributed by atoms with Gasteiger partial charge >= 0.3 is 0 Å². The Labute approximate surface area is 128 Å². The number of rotatable bonds is 7. The molecule has 0 saturated carbocycles. The van der Waals surface area contributed by atoms with Gasteiger partial charge < -0.3 is 20.1 Å². The van der Waals surface area contributed by atoms with E-state index in [4.69, 9.17) is 15.2 Å². The quantitative estimate of drug-likeness (QED) is 0.839. The van der Waals surface area contributed by atoms with Crippen LogP contribution in [0.25, 0.3) is 0 Å². The maximum absolute atomic E-state index is 6.47. The van der Waals surface area contributed by atoms with Gasteiger partial charge in [-0.1, -0.05) is 13.3 Å². The Hall–Kier alpha value is -1.26. The molecular formula is C17H28N2O2. The largest absolute Gasteiger partial charge is 0.494 e. The van der Waals surface area contributed by atoms with Crippen molar-refractivity contribution >= 4 is 0 Å². The minimum absolute atomic E-state index is 0.0123. The van der Waals surface area contributed by atoms with Gasteiger partial charge in [0.15, 0.2) is 0 Å². The van der Waals surface area contributed by atoms with Crippen LogP contribution in [0.15, 0.2) is 18.2 Å². The lowest BCUT2D eigenvalue weighted by Gasteiger charge is -2.34. The van der Waals surface area contributed by atoms with E-state index in [1.54, 1.807) is 0 Å². The average molecular weight is 292 g/mol. The molecule has 1 aromatic rings. The van der Waals surface area contributed by atoms with Crippen LogP contribution in [0.3, 0.4) is 0 Å². The van der Waals surface area contributed by atoms with Crippen LogP contribution >= 0.6 is 0 Å². The summed E-state index contributed by atoms with van der Waals surface area (Å²) in [6.07, 6.45) is 2.45. The van der Waals surface area contributed by atoms with E-state index in [-0.39, 0.29) is 6.04 Å². The van der Waals surface area contributed by atoms with E-state index >= 15 is 0 Å². The number of ether oxygens (including phenoxy) is 2. The number of nitrogens with two attached hydrogens (primary N) is 1. The second-order valence-corrected chi connectivity index (χ2v) is 5.85. The number of unbranched alkanes of at least 4 members (excludes halogenated alkanes) is 1. The first kappa shape index (κ1) is 16.1. The fourth-order valence-electron chi connectivity index (χ4n) is 2.82. The third-order valence-corrected chi connectivity index (χ3v) is 4.05. The summed E-state index contributed by atoms with van der Waals surface area (Å²) < 4.78 is 11.5. The van der Waals surface area contributed by atoms with Gasteiger partial charge in [-0.05, 0) is 45.1 Å². The topological polar surface area (TPSA) is 47.7 Å². The number of nitrogens with zero attached hydrogens (tertiary/aromatic N) is 1. The molecule has 0 saturated heterocycles. The molecular weight excluding hydrogens is 264 g/mol. The second kappa shape index (κ2) is 7.66. The normalized spacial score (nSPS) is 21.0. The third-order valence-electron chi connectivity index (χ3n) is 4.05. The highest BCUT2D eigenvalue weighted by atomic mass is 16.5. The molecule has 21 heavy (non-hydrogen) atoms. The van der Waals surface area contributed by atoms with Crippen LogP contribution in [0.1, 0.15) is 38.3 Å². The molecule has 4 heteroatoms. The Kier molecular flexibility index (Phi) is 5.88. The standard InChI is InChI=1S/C17H28N2O2/c1-4-6-9-19(3)11-13-12-21-16-8-7-14(20-5-2)10-15(16)17(13)18/h7-8,10,13,17H,4-6,9,11-12,18H2,1-3H3. The van der Waals surface area contributed by atoms with E-state index in [2.05, 4.69) is 18.9 Å². The molecule has 0 amide bonds. The molecule has 1 aliphatic heterocycles. The summed E-state index contributed by atoms with van der Waals surface area (Å²) in [5.41, 5.74) is 7.54. The first-order valence-electron chi connectivity index (χ1n) is 7.99. The Balaban J connectivity index is 2.04. The minimum atomic E-state index is 0.0123. The van der Waals surface area contributed by atoms with Gasteiger partial charge in [-0.3, -0.25) is 0 Å². The smallest absolute Gasteiger partial charge is 0.124 e. The number of benzene rings is 1. The van der Waals surface area contributed by atoms with Gasteiger partial charge in [0.1, 0.15) is 11.5 Å². The molecule has 4 nitrogen and oxygen atoms in total. The van der Waals surface area contributed by atoms with Crippen molar-refractivity contribution in [3.63, 3.8) is 0 Å². The van der Waals surface area contributed by atoms with Crippen molar-refractivity contribution in [2.75, 3.05) is 33.4 Å². The Morgan fingerprint density at radius 2 is 2.19 bits per heavy atom. The van der Waals surface area contributed by atoms with Crippen LogP contribution in [0.5, 0.6) is 11.5 Å². The molecule has 0 bridgehead atoms. The molecule has 118 valence electrons. The maximum Gasteiger partial charge on any atom is 0.124 e. The molecule has 1 aromatic carbocycles. The molecule has 2 unspecified atom stereocenters. The van der Waals surface area contributed by atoms with Gasteiger partial charge in [0.25, 0.3) is 0 Å². The Morgan fingerprint density at radius 1 is 1.38 bits per heavy atom. The monoisotopic (exact) mass is 292 g/mol. The van der Waals surface area contributed by atoms with E-state index in [9.17, 15) is 0 Å². The Morgan fingerprint density at radius 3 is 2.90 bits per heavy atom. The number of hydrogen-bond donors (Lipinski definition) is 1. The van der Waals surface area contributed by atoms with Crippen molar-refractivity contribution in [3.8, 4) is 11.5 Å². The summed E-state index contributed by atoms with van der Waals surface area (Å²) in [5, 5.41) is 0. The van der Waals surface area contributed by atoms with E-state index in [0.29, 0.717) is 19.1 Å². The van der Waals surface area contributed by atoms with Crippen molar-refractivity contribution in [3.05, 3.63) is 23.8 Å². The average Bonchev–Trinajstić information content (AvgIpc) is 2.49. The molecule has 0 spiro atoms. The van der Waals surface area contributed by atoms with Crippen molar-refractivity contribution in [1.29, 1.82) is 0 Å². The number of fused-ring (bicyclic) bond motifs is 1. The van der Waals surface area contributed by atoms with Crippen LogP contribution in [0, 0.1) is 5.92 Å². The lowest BCUT2D eigenvalue weighted by Crippen LogP contribution is -2.39. The third kappa shape index (κ3) is 4.11. The zero-order valence-electron chi connectivity index (χ0n) is 13.5. The van der Waals surface area contributed by atoms with Crippen LogP contribution < -0.4 is 15.2 Å². The van der Waals surface area contributed by atoms with Gasteiger partial charge in [0.2, 0.25) is 0 Å². The molecule has 0 aromatic heterocycles. The summed E-state index contributed by atoms with van der Waals surface area (Å²) in [4.78, 5) is 2.36. The summed E-state index contributed by atoms with van der Waals surface area (Å²) in [6.45, 7) is 7.65. The Bertz CT molecular complexity index is 450. The zero-order chi connectivity index (χ0) is 15.2. The predicted octanol–water partition coefficient (Wildman–Crippen LogP) is 2.83. The first-order chi connectivity index (χ1) is 10.2. The van der Waals surface area contributed by atoms with Crippen molar-refractivity contribution in [2.24, 2.45) is 11.7 Å². The van der Waals surface area contributed by atoms with Crippen molar-refractivity contribution in [1.82, 2.24) is 4.90 Å². The van der Waals surface area contributed by atoms with Gasteiger partial charge in [0, 0.05) is 24.1 Å². The fraction of sp³-hybridized carbons (Fsp3) is 0.647. The van der Waals surface area contributed by atoms with E-state index in [1.165, 1.54) is 12.8 Å². The molecule has 0 aliphatic carbocycles. The molecule has 1 heterocycles. The van der Waals surface area contributed by atoms with Gasteiger partial charge in [-0.25, -0.2) is 0 Å². The first-order valence-corrected chi connectivity index (χ1v) is 7.99. The van der Waals surface area contributed by atoms with Crippen LogP contribution in [-0.2, 0) is 0 Å². The SMILES string of the molecule is CCCCN(C)CC1COc2ccc(OCC)cc2C1N. The highest BCUT2D eigenvalue weighted by Gasteiger charge is 2.29.